The summed E-state index contributed by atoms with van der Waals surface area (Å²) in [6.07, 6.45) is 1.63. The predicted molar refractivity (Wildman–Crippen MR) is 99.7 cm³/mol. The average Bonchev–Trinajstić information content (AvgIpc) is 3.29. The number of aliphatic carboxylic acids is 1. The van der Waals surface area contributed by atoms with E-state index in [9.17, 15) is 18.0 Å². The van der Waals surface area contributed by atoms with Gasteiger partial charge in [-0.15, -0.1) is 0 Å². The molecule has 0 spiro atoms. The normalized spacial score (nSPS) is 18.5. The molecular formula is C18H23F3N6O4. The molecular weight excluding hydrogens is 421 g/mol. The molecule has 2 aromatic rings. The van der Waals surface area contributed by atoms with Crippen LogP contribution in [0.3, 0.4) is 0 Å². The quantitative estimate of drug-likeness (QED) is 0.652. The van der Waals surface area contributed by atoms with Crippen LogP contribution in [0.2, 0.25) is 0 Å². The number of rotatable bonds is 4. The van der Waals surface area contributed by atoms with Crippen molar-refractivity contribution in [2.24, 2.45) is 0 Å². The van der Waals surface area contributed by atoms with Crippen LogP contribution in [0.25, 0.3) is 11.6 Å². The Hall–Kier alpha value is -2.96. The van der Waals surface area contributed by atoms with Gasteiger partial charge in [-0.1, -0.05) is 24.4 Å². The van der Waals surface area contributed by atoms with Crippen molar-refractivity contribution >= 4 is 11.9 Å². The summed E-state index contributed by atoms with van der Waals surface area (Å²) in [4.78, 5) is 25.2. The van der Waals surface area contributed by atoms with Crippen molar-refractivity contribution in [1.29, 1.82) is 0 Å². The number of alkyl halides is 3. The Morgan fingerprint density at radius 3 is 2.45 bits per heavy atom. The van der Waals surface area contributed by atoms with Gasteiger partial charge in [0, 0.05) is 26.2 Å². The van der Waals surface area contributed by atoms with Gasteiger partial charge in [-0.25, -0.2) is 4.79 Å². The van der Waals surface area contributed by atoms with Crippen molar-refractivity contribution in [2.75, 3.05) is 13.1 Å². The summed E-state index contributed by atoms with van der Waals surface area (Å²) in [5.74, 6) is -1.78. The van der Waals surface area contributed by atoms with Gasteiger partial charge in [0.15, 0.2) is 5.82 Å². The maximum absolute atomic E-state index is 11.7. The van der Waals surface area contributed by atoms with Gasteiger partial charge in [0.2, 0.25) is 5.91 Å². The molecule has 0 radical (unpaired) electrons. The average molecular weight is 444 g/mol. The minimum absolute atomic E-state index is 0.0613. The fourth-order valence-electron chi connectivity index (χ4n) is 3.64. The first kappa shape index (κ1) is 22.7. The van der Waals surface area contributed by atoms with Crippen LogP contribution in [-0.4, -0.2) is 56.2 Å². The van der Waals surface area contributed by atoms with Gasteiger partial charge < -0.3 is 20.3 Å². The summed E-state index contributed by atoms with van der Waals surface area (Å²) >= 11 is 0. The molecule has 1 aliphatic carbocycles. The van der Waals surface area contributed by atoms with Crippen molar-refractivity contribution in [2.45, 2.75) is 56.8 Å². The lowest BCUT2D eigenvalue weighted by molar-refractivity contribution is -0.192. The maximum atomic E-state index is 11.7. The molecule has 1 saturated carbocycles. The molecule has 0 bridgehead atoms. The Labute approximate surface area is 175 Å². The molecule has 0 aromatic carbocycles. The second-order valence-corrected chi connectivity index (χ2v) is 7.52. The number of carboxylic acids is 1. The highest BCUT2D eigenvalue weighted by Crippen LogP contribution is 2.36. The largest absolute Gasteiger partial charge is 0.490 e. The Kier molecular flexibility index (Phi) is 6.62. The van der Waals surface area contributed by atoms with Crippen molar-refractivity contribution < 1.29 is 32.4 Å². The maximum Gasteiger partial charge on any atom is 0.490 e. The lowest BCUT2D eigenvalue weighted by Gasteiger charge is -2.34. The van der Waals surface area contributed by atoms with Crippen LogP contribution < -0.4 is 10.6 Å². The first-order chi connectivity index (χ1) is 14.6. The number of amides is 1. The zero-order valence-corrected chi connectivity index (χ0v) is 16.8. The number of hydrogen-bond acceptors (Lipinski definition) is 7. The first-order valence-corrected chi connectivity index (χ1v) is 9.80. The molecule has 170 valence electrons. The van der Waals surface area contributed by atoms with Crippen molar-refractivity contribution in [1.82, 2.24) is 30.6 Å². The topological polar surface area (TPSA) is 135 Å². The van der Waals surface area contributed by atoms with Crippen LogP contribution in [0, 0.1) is 0 Å². The fourth-order valence-corrected chi connectivity index (χ4v) is 3.64. The van der Waals surface area contributed by atoms with Crippen LogP contribution in [0.1, 0.15) is 50.9 Å². The van der Waals surface area contributed by atoms with Crippen molar-refractivity contribution in [3.8, 4) is 11.6 Å². The van der Waals surface area contributed by atoms with E-state index in [0.29, 0.717) is 17.8 Å². The Balaban J connectivity index is 0.000000339. The second-order valence-electron chi connectivity index (χ2n) is 7.52. The number of nitrogens with one attached hydrogen (secondary N) is 2. The smallest absolute Gasteiger partial charge is 0.475 e. The van der Waals surface area contributed by atoms with Crippen LogP contribution in [-0.2, 0) is 15.1 Å². The van der Waals surface area contributed by atoms with E-state index in [1.807, 2.05) is 10.7 Å². The van der Waals surface area contributed by atoms with E-state index < -0.39 is 17.7 Å². The Bertz CT molecular complexity index is 916. The molecule has 13 heteroatoms. The number of halogens is 3. The van der Waals surface area contributed by atoms with Crippen LogP contribution in [0.5, 0.6) is 0 Å². The van der Waals surface area contributed by atoms with Gasteiger partial charge in [-0.05, 0) is 18.9 Å². The van der Waals surface area contributed by atoms with E-state index in [4.69, 9.17) is 14.4 Å². The third-order valence-corrected chi connectivity index (χ3v) is 5.21. The van der Waals surface area contributed by atoms with Gasteiger partial charge in [-0.2, -0.15) is 23.3 Å². The van der Waals surface area contributed by atoms with Crippen LogP contribution in [0.4, 0.5) is 13.2 Å². The van der Waals surface area contributed by atoms with Gasteiger partial charge >= 0.3 is 12.1 Å². The van der Waals surface area contributed by atoms with E-state index in [1.54, 1.807) is 6.20 Å². The summed E-state index contributed by atoms with van der Waals surface area (Å²) in [7, 11) is 0. The summed E-state index contributed by atoms with van der Waals surface area (Å²) in [6.45, 7) is 3.33. The third kappa shape index (κ3) is 5.21. The molecule has 1 amide bonds. The SMILES string of the molecule is CC(=O)NC1(c2noc(-c3ccnn3C3CNC3)n2)CCCCC1.O=C(O)C(F)(F)F. The molecule has 0 atom stereocenters. The molecule has 2 fully saturated rings. The molecule has 2 aliphatic rings. The van der Waals surface area contributed by atoms with Gasteiger partial charge in [0.05, 0.1) is 6.04 Å². The molecule has 10 nitrogen and oxygen atoms in total. The van der Waals surface area contributed by atoms with Gasteiger partial charge in [-0.3, -0.25) is 9.48 Å². The summed E-state index contributed by atoms with van der Waals surface area (Å²) in [5.41, 5.74) is 0.323. The molecule has 3 heterocycles. The van der Waals surface area contributed by atoms with Crippen molar-refractivity contribution in [3.63, 3.8) is 0 Å². The fraction of sp³-hybridized carbons (Fsp3) is 0.611. The molecule has 4 rings (SSSR count). The van der Waals surface area contributed by atoms with Crippen molar-refractivity contribution in [3.05, 3.63) is 18.1 Å². The molecule has 1 saturated heterocycles. The highest BCUT2D eigenvalue weighted by molar-refractivity contribution is 5.74. The number of carbonyl (C=O) groups excluding carboxylic acids is 1. The molecule has 31 heavy (non-hydrogen) atoms. The number of carbonyl (C=O) groups is 2. The van der Waals surface area contributed by atoms with E-state index >= 15 is 0 Å². The highest BCUT2D eigenvalue weighted by atomic mass is 19.4. The highest BCUT2D eigenvalue weighted by Gasteiger charge is 2.40. The Morgan fingerprint density at radius 2 is 1.94 bits per heavy atom. The second kappa shape index (κ2) is 9.04. The standard InChI is InChI=1S/C16H22N6O2.C2HF3O2/c1-11(23)20-16(6-3-2-4-7-16)15-19-14(24-21-15)13-5-8-18-22(13)12-9-17-10-12;3-2(4,5)1(6)7/h5,8,12,17H,2-4,6-7,9-10H2,1H3,(H,20,23);(H,6,7). The monoisotopic (exact) mass is 444 g/mol. The zero-order valence-electron chi connectivity index (χ0n) is 16.8. The van der Waals surface area contributed by atoms with Gasteiger partial charge in [0.1, 0.15) is 11.2 Å². The molecule has 3 N–H and O–H groups in total. The number of hydrogen-bond donors (Lipinski definition) is 3. The van der Waals surface area contributed by atoms with E-state index in [2.05, 4.69) is 25.9 Å². The number of carboxylic acid groups (broad SMARTS) is 1. The summed E-state index contributed by atoms with van der Waals surface area (Å²) < 4.78 is 39.2. The lowest BCUT2D eigenvalue weighted by atomic mass is 9.81. The number of nitrogens with zero attached hydrogens (tertiary/aromatic N) is 4. The minimum atomic E-state index is -5.08. The zero-order chi connectivity index (χ0) is 22.6. The molecule has 2 aromatic heterocycles. The lowest BCUT2D eigenvalue weighted by Crippen LogP contribution is -2.47. The summed E-state index contributed by atoms with van der Waals surface area (Å²) in [6, 6.07) is 2.21. The van der Waals surface area contributed by atoms with E-state index in [0.717, 1.165) is 44.5 Å². The first-order valence-electron chi connectivity index (χ1n) is 9.80. The molecule has 1 aliphatic heterocycles. The number of aromatic nitrogens is 4. The van der Waals surface area contributed by atoms with Crippen LogP contribution >= 0.6 is 0 Å². The van der Waals surface area contributed by atoms with Crippen LogP contribution in [0.15, 0.2) is 16.8 Å². The molecule has 0 unspecified atom stereocenters. The predicted octanol–water partition coefficient (Wildman–Crippen LogP) is 2.01. The Morgan fingerprint density at radius 1 is 1.29 bits per heavy atom. The minimum Gasteiger partial charge on any atom is -0.475 e. The summed E-state index contributed by atoms with van der Waals surface area (Å²) in [5, 5.41) is 22.0. The van der Waals surface area contributed by atoms with Gasteiger partial charge in [0.25, 0.3) is 5.89 Å². The van der Waals surface area contributed by atoms with E-state index in [-0.39, 0.29) is 5.91 Å². The third-order valence-electron chi connectivity index (χ3n) is 5.21. The van der Waals surface area contributed by atoms with E-state index in [1.165, 1.54) is 13.3 Å².